The Balaban J connectivity index is 1.79. The molecule has 0 radical (unpaired) electrons. The summed E-state index contributed by atoms with van der Waals surface area (Å²) in [4.78, 5) is 4.65. The number of hydrogen-bond donors (Lipinski definition) is 1. The van der Waals surface area contributed by atoms with E-state index in [0.717, 1.165) is 31.6 Å². The van der Waals surface area contributed by atoms with Crippen molar-refractivity contribution in [1.29, 1.82) is 0 Å². The molecule has 1 aromatic heterocycles. The van der Waals surface area contributed by atoms with Crippen molar-refractivity contribution in [3.8, 4) is 0 Å². The lowest BCUT2D eigenvalue weighted by molar-refractivity contribution is -0.0102. The van der Waals surface area contributed by atoms with Crippen molar-refractivity contribution in [1.82, 2.24) is 4.98 Å². The number of aliphatic hydroxyl groups is 1. The normalized spacial score (nSPS) is 33.2. The van der Waals surface area contributed by atoms with Gasteiger partial charge in [0.25, 0.3) is 0 Å². The molecule has 0 saturated heterocycles. The second-order valence-corrected chi connectivity index (χ2v) is 7.18. The molecule has 0 aromatic carbocycles. The van der Waals surface area contributed by atoms with Crippen LogP contribution in [0.15, 0.2) is 18.3 Å². The topological polar surface area (TPSA) is 33.1 Å². The monoisotopic (exact) mass is 287 g/mol. The van der Waals surface area contributed by atoms with Gasteiger partial charge in [-0.05, 0) is 56.1 Å². The number of fused-ring (bicyclic) bond motifs is 1. The van der Waals surface area contributed by atoms with E-state index in [-0.39, 0.29) is 5.92 Å². The van der Waals surface area contributed by atoms with Gasteiger partial charge >= 0.3 is 0 Å². The quantitative estimate of drug-likeness (QED) is 0.823. The van der Waals surface area contributed by atoms with Gasteiger partial charge in [0.15, 0.2) is 0 Å². The van der Waals surface area contributed by atoms with Gasteiger partial charge in [0, 0.05) is 17.8 Å². The van der Waals surface area contributed by atoms with E-state index in [4.69, 9.17) is 0 Å². The Hall–Kier alpha value is -0.890. The molecule has 116 valence electrons. The van der Waals surface area contributed by atoms with Crippen LogP contribution in [0.25, 0.3) is 0 Å². The van der Waals surface area contributed by atoms with Gasteiger partial charge in [0.2, 0.25) is 0 Å². The molecule has 0 spiro atoms. The second kappa shape index (κ2) is 6.48. The van der Waals surface area contributed by atoms with E-state index in [2.05, 4.69) is 18.0 Å². The van der Waals surface area contributed by atoms with Gasteiger partial charge in [-0.3, -0.25) is 4.98 Å². The minimum absolute atomic E-state index is 0.267. The molecule has 3 rings (SSSR count). The molecule has 1 saturated carbocycles. The average molecular weight is 287 g/mol. The fourth-order valence-electron chi connectivity index (χ4n) is 4.60. The largest absolute Gasteiger partial charge is 0.389 e. The third-order valence-corrected chi connectivity index (χ3v) is 5.75. The van der Waals surface area contributed by atoms with Crippen LogP contribution < -0.4 is 0 Å². The van der Waals surface area contributed by atoms with Crippen LogP contribution in [0.4, 0.5) is 0 Å². The highest BCUT2D eigenvalue weighted by Gasteiger charge is 2.41. The SMILES string of the molecule is CCCC1CCCC(O)(C2CCCc3cccnc32)CC1. The average Bonchev–Trinajstić information content (AvgIpc) is 2.70. The van der Waals surface area contributed by atoms with Crippen molar-refractivity contribution >= 4 is 0 Å². The maximum Gasteiger partial charge on any atom is 0.0731 e. The number of rotatable bonds is 3. The third-order valence-electron chi connectivity index (χ3n) is 5.75. The fraction of sp³-hybridized carbons (Fsp3) is 0.737. The van der Waals surface area contributed by atoms with Crippen molar-refractivity contribution in [2.75, 3.05) is 0 Å². The van der Waals surface area contributed by atoms with Crippen molar-refractivity contribution < 1.29 is 5.11 Å². The maximum atomic E-state index is 11.4. The van der Waals surface area contributed by atoms with Crippen LogP contribution >= 0.6 is 0 Å². The van der Waals surface area contributed by atoms with Gasteiger partial charge in [0.1, 0.15) is 0 Å². The van der Waals surface area contributed by atoms with E-state index in [0.29, 0.717) is 0 Å². The Morgan fingerprint density at radius 1 is 1.24 bits per heavy atom. The first-order valence-electron chi connectivity index (χ1n) is 8.89. The van der Waals surface area contributed by atoms with Gasteiger partial charge < -0.3 is 5.11 Å². The molecule has 2 aliphatic rings. The maximum absolute atomic E-state index is 11.4. The van der Waals surface area contributed by atoms with Crippen molar-refractivity contribution in [2.45, 2.75) is 82.7 Å². The first-order chi connectivity index (χ1) is 10.2. The summed E-state index contributed by atoms with van der Waals surface area (Å²) >= 11 is 0. The van der Waals surface area contributed by atoms with Crippen LogP contribution in [0.2, 0.25) is 0 Å². The Labute approximate surface area is 129 Å². The summed E-state index contributed by atoms with van der Waals surface area (Å²) in [5, 5.41) is 11.4. The van der Waals surface area contributed by atoms with Crippen LogP contribution in [0.3, 0.4) is 0 Å². The predicted octanol–water partition coefficient (Wildman–Crippen LogP) is 4.61. The summed E-state index contributed by atoms with van der Waals surface area (Å²) in [5.41, 5.74) is 2.06. The molecule has 0 amide bonds. The Kier molecular flexibility index (Phi) is 4.63. The Bertz CT molecular complexity index is 472. The molecule has 0 aliphatic heterocycles. The van der Waals surface area contributed by atoms with Crippen LogP contribution in [0.5, 0.6) is 0 Å². The highest BCUT2D eigenvalue weighted by molar-refractivity contribution is 5.28. The highest BCUT2D eigenvalue weighted by Crippen LogP contribution is 2.45. The summed E-state index contributed by atoms with van der Waals surface area (Å²) in [6.45, 7) is 2.28. The lowest BCUT2D eigenvalue weighted by Gasteiger charge is -2.38. The number of aromatic nitrogens is 1. The van der Waals surface area contributed by atoms with Gasteiger partial charge in [-0.2, -0.15) is 0 Å². The van der Waals surface area contributed by atoms with Crippen LogP contribution in [-0.4, -0.2) is 15.7 Å². The molecule has 3 unspecified atom stereocenters. The minimum Gasteiger partial charge on any atom is -0.389 e. The lowest BCUT2D eigenvalue weighted by atomic mass is 9.72. The number of pyridine rings is 1. The Morgan fingerprint density at radius 3 is 3.00 bits per heavy atom. The van der Waals surface area contributed by atoms with Gasteiger partial charge in [-0.1, -0.05) is 38.7 Å². The molecular formula is C19H29NO. The summed E-state index contributed by atoms with van der Waals surface area (Å²) in [6.07, 6.45) is 13.6. The van der Waals surface area contributed by atoms with E-state index in [1.165, 1.54) is 49.8 Å². The number of aryl methyl sites for hydroxylation is 1. The van der Waals surface area contributed by atoms with Crippen molar-refractivity contribution in [2.24, 2.45) is 5.92 Å². The zero-order valence-corrected chi connectivity index (χ0v) is 13.4. The van der Waals surface area contributed by atoms with Gasteiger partial charge in [-0.25, -0.2) is 0 Å². The molecule has 1 fully saturated rings. The number of nitrogens with zero attached hydrogens (tertiary/aromatic N) is 1. The van der Waals surface area contributed by atoms with E-state index < -0.39 is 5.60 Å². The molecule has 2 heteroatoms. The summed E-state index contributed by atoms with van der Waals surface area (Å²) in [6, 6.07) is 4.24. The standard InChI is InChI=1S/C19H29NO/c1-2-6-15-7-4-12-19(21,13-11-15)17-10-3-8-16-9-5-14-20-18(16)17/h5,9,14-15,17,21H,2-4,6-8,10-13H2,1H3. The van der Waals surface area contributed by atoms with Gasteiger partial charge in [-0.15, -0.1) is 0 Å². The number of hydrogen-bond acceptors (Lipinski definition) is 2. The molecule has 3 atom stereocenters. The summed E-state index contributed by atoms with van der Waals surface area (Å²) in [7, 11) is 0. The van der Waals surface area contributed by atoms with Crippen LogP contribution in [-0.2, 0) is 6.42 Å². The van der Waals surface area contributed by atoms with Crippen molar-refractivity contribution in [3.63, 3.8) is 0 Å². The molecule has 21 heavy (non-hydrogen) atoms. The molecular weight excluding hydrogens is 258 g/mol. The first kappa shape index (κ1) is 15.0. The predicted molar refractivity (Wildman–Crippen MR) is 86.3 cm³/mol. The lowest BCUT2D eigenvalue weighted by Crippen LogP contribution is -2.38. The van der Waals surface area contributed by atoms with Gasteiger partial charge in [0.05, 0.1) is 5.60 Å². The second-order valence-electron chi connectivity index (χ2n) is 7.18. The highest BCUT2D eigenvalue weighted by atomic mass is 16.3. The zero-order chi connectivity index (χ0) is 14.7. The molecule has 1 aromatic rings. The Morgan fingerprint density at radius 2 is 2.14 bits per heavy atom. The third kappa shape index (κ3) is 3.15. The molecule has 1 heterocycles. The molecule has 2 nitrogen and oxygen atoms in total. The molecule has 0 bridgehead atoms. The van der Waals surface area contributed by atoms with E-state index in [1.807, 2.05) is 12.3 Å². The minimum atomic E-state index is -0.508. The van der Waals surface area contributed by atoms with E-state index in [9.17, 15) is 5.11 Å². The van der Waals surface area contributed by atoms with E-state index >= 15 is 0 Å². The van der Waals surface area contributed by atoms with E-state index in [1.54, 1.807) is 0 Å². The van der Waals surface area contributed by atoms with Crippen molar-refractivity contribution in [3.05, 3.63) is 29.6 Å². The smallest absolute Gasteiger partial charge is 0.0731 e. The fourth-order valence-corrected chi connectivity index (χ4v) is 4.60. The molecule has 1 N–H and O–H groups in total. The summed E-state index contributed by atoms with van der Waals surface area (Å²) < 4.78 is 0. The summed E-state index contributed by atoms with van der Waals surface area (Å²) in [5.74, 6) is 1.10. The van der Waals surface area contributed by atoms with Crippen LogP contribution in [0, 0.1) is 5.92 Å². The first-order valence-corrected chi connectivity index (χ1v) is 8.89. The molecule has 2 aliphatic carbocycles. The van der Waals surface area contributed by atoms with Crippen LogP contribution in [0.1, 0.15) is 81.9 Å². The zero-order valence-electron chi connectivity index (χ0n) is 13.4.